The molecule has 2 N–H and O–H groups in total. The molecular formula is C20H22N6OS. The van der Waals surface area contributed by atoms with Gasteiger partial charge in [0, 0.05) is 34.9 Å². The molecule has 0 aliphatic carbocycles. The molecule has 0 bridgehead atoms. The number of anilines is 2. The van der Waals surface area contributed by atoms with E-state index < -0.39 is 0 Å². The number of hydrogen-bond donors (Lipinski definition) is 2. The average molecular weight is 395 g/mol. The average Bonchev–Trinajstić information content (AvgIpc) is 3.18. The fourth-order valence-corrected chi connectivity index (χ4v) is 4.03. The summed E-state index contributed by atoms with van der Waals surface area (Å²) in [5.41, 5.74) is 2.01. The van der Waals surface area contributed by atoms with Crippen LogP contribution in [-0.4, -0.2) is 46.0 Å². The lowest BCUT2D eigenvalue weighted by atomic mass is 9.93. The van der Waals surface area contributed by atoms with Gasteiger partial charge in [-0.05, 0) is 57.2 Å². The number of thiazole rings is 1. The maximum absolute atomic E-state index is 12.3. The molecular weight excluding hydrogens is 372 g/mol. The SMILES string of the molecule is CN1CCC(c2cccc(NC(=O)Nc3csc(-c4ccncc4)n3)n2)CC1. The van der Waals surface area contributed by atoms with Gasteiger partial charge in [0.1, 0.15) is 16.6 Å². The van der Waals surface area contributed by atoms with Crippen molar-refractivity contribution in [3.63, 3.8) is 0 Å². The molecule has 1 fully saturated rings. The molecule has 1 aliphatic heterocycles. The molecule has 7 nitrogen and oxygen atoms in total. The number of nitrogens with zero attached hydrogens (tertiary/aromatic N) is 4. The minimum absolute atomic E-state index is 0.348. The van der Waals surface area contributed by atoms with E-state index in [1.807, 2.05) is 35.7 Å². The summed E-state index contributed by atoms with van der Waals surface area (Å²) >= 11 is 1.47. The largest absolute Gasteiger partial charge is 0.326 e. The lowest BCUT2D eigenvalue weighted by Crippen LogP contribution is -2.29. The molecule has 0 saturated carbocycles. The van der Waals surface area contributed by atoms with E-state index in [2.05, 4.69) is 37.5 Å². The minimum atomic E-state index is -0.348. The van der Waals surface area contributed by atoms with E-state index in [9.17, 15) is 4.79 Å². The zero-order valence-electron chi connectivity index (χ0n) is 15.6. The Balaban J connectivity index is 1.38. The van der Waals surface area contributed by atoms with Gasteiger partial charge in [-0.3, -0.25) is 15.6 Å². The summed E-state index contributed by atoms with van der Waals surface area (Å²) in [5, 5.41) is 8.23. The molecule has 1 saturated heterocycles. The third-order valence-corrected chi connectivity index (χ3v) is 5.71. The van der Waals surface area contributed by atoms with Crippen LogP contribution in [0.1, 0.15) is 24.5 Å². The van der Waals surface area contributed by atoms with Gasteiger partial charge in [0.25, 0.3) is 0 Å². The molecule has 8 heteroatoms. The summed E-state index contributed by atoms with van der Waals surface area (Å²) in [6.07, 6.45) is 5.63. The van der Waals surface area contributed by atoms with Crippen LogP contribution in [0, 0.1) is 0 Å². The van der Waals surface area contributed by atoms with E-state index in [0.717, 1.165) is 42.2 Å². The van der Waals surface area contributed by atoms with Gasteiger partial charge >= 0.3 is 6.03 Å². The molecule has 3 aromatic heterocycles. The van der Waals surface area contributed by atoms with Crippen LogP contribution in [0.4, 0.5) is 16.4 Å². The molecule has 0 unspecified atom stereocenters. The van der Waals surface area contributed by atoms with E-state index in [0.29, 0.717) is 17.6 Å². The molecule has 2 amide bonds. The van der Waals surface area contributed by atoms with E-state index in [1.165, 1.54) is 11.3 Å². The van der Waals surface area contributed by atoms with Crippen LogP contribution in [0.3, 0.4) is 0 Å². The highest BCUT2D eigenvalue weighted by Crippen LogP contribution is 2.27. The molecule has 0 atom stereocenters. The third kappa shape index (κ3) is 4.52. The van der Waals surface area contributed by atoms with Crippen LogP contribution in [0.5, 0.6) is 0 Å². The Morgan fingerprint density at radius 3 is 2.61 bits per heavy atom. The molecule has 0 aromatic carbocycles. The maximum Gasteiger partial charge on any atom is 0.326 e. The summed E-state index contributed by atoms with van der Waals surface area (Å²) in [7, 11) is 2.14. The summed E-state index contributed by atoms with van der Waals surface area (Å²) < 4.78 is 0. The van der Waals surface area contributed by atoms with Crippen LogP contribution in [0.25, 0.3) is 10.6 Å². The summed E-state index contributed by atoms with van der Waals surface area (Å²) in [6.45, 7) is 2.16. The molecule has 28 heavy (non-hydrogen) atoms. The van der Waals surface area contributed by atoms with Gasteiger partial charge in [-0.2, -0.15) is 0 Å². The first kappa shape index (κ1) is 18.5. The van der Waals surface area contributed by atoms with Gasteiger partial charge in [0.2, 0.25) is 0 Å². The Hall–Kier alpha value is -2.84. The Bertz CT molecular complexity index is 937. The first-order chi connectivity index (χ1) is 13.7. The standard InChI is InChI=1S/C20H22N6OS/c1-26-11-7-14(8-12-26)16-3-2-4-17(22-16)24-20(27)25-18-13-28-19(23-18)15-5-9-21-10-6-15/h2-6,9-10,13-14H,7-8,11-12H2,1H3,(H2,22,24,25,27). The third-order valence-electron chi connectivity index (χ3n) is 4.82. The lowest BCUT2D eigenvalue weighted by Gasteiger charge is -2.28. The van der Waals surface area contributed by atoms with Crippen LogP contribution >= 0.6 is 11.3 Å². The number of hydrogen-bond acceptors (Lipinski definition) is 6. The zero-order chi connectivity index (χ0) is 19.3. The Morgan fingerprint density at radius 2 is 1.82 bits per heavy atom. The fourth-order valence-electron chi connectivity index (χ4n) is 3.27. The van der Waals surface area contributed by atoms with Crippen LogP contribution < -0.4 is 10.6 Å². The number of carbonyl (C=O) groups excluding carboxylic acids is 1. The van der Waals surface area contributed by atoms with Crippen LogP contribution in [0.15, 0.2) is 48.1 Å². The number of amides is 2. The van der Waals surface area contributed by atoms with Gasteiger partial charge in [-0.1, -0.05) is 6.07 Å². The van der Waals surface area contributed by atoms with Crippen molar-refractivity contribution in [3.8, 4) is 10.6 Å². The molecule has 0 spiro atoms. The normalized spacial score (nSPS) is 15.3. The Labute approximate surface area is 167 Å². The zero-order valence-corrected chi connectivity index (χ0v) is 16.4. The van der Waals surface area contributed by atoms with E-state index >= 15 is 0 Å². The van der Waals surface area contributed by atoms with Crippen molar-refractivity contribution in [2.24, 2.45) is 0 Å². The van der Waals surface area contributed by atoms with Crippen molar-refractivity contribution in [2.75, 3.05) is 30.8 Å². The van der Waals surface area contributed by atoms with Crippen LogP contribution in [-0.2, 0) is 0 Å². The van der Waals surface area contributed by atoms with Crippen molar-refractivity contribution in [2.45, 2.75) is 18.8 Å². The number of aromatic nitrogens is 3. The predicted octanol–water partition coefficient (Wildman–Crippen LogP) is 4.05. The van der Waals surface area contributed by atoms with E-state index in [4.69, 9.17) is 0 Å². The second-order valence-electron chi connectivity index (χ2n) is 6.88. The second kappa shape index (κ2) is 8.45. The monoisotopic (exact) mass is 394 g/mol. The minimum Gasteiger partial charge on any atom is -0.306 e. The number of likely N-dealkylation sites (tertiary alicyclic amines) is 1. The van der Waals surface area contributed by atoms with Gasteiger partial charge < -0.3 is 4.90 Å². The van der Waals surface area contributed by atoms with E-state index in [-0.39, 0.29) is 6.03 Å². The highest BCUT2D eigenvalue weighted by Gasteiger charge is 2.20. The van der Waals surface area contributed by atoms with Gasteiger partial charge in [-0.25, -0.2) is 14.8 Å². The van der Waals surface area contributed by atoms with Crippen molar-refractivity contribution in [1.82, 2.24) is 19.9 Å². The summed E-state index contributed by atoms with van der Waals surface area (Å²) in [5.74, 6) is 1.52. The number of nitrogens with one attached hydrogen (secondary N) is 2. The van der Waals surface area contributed by atoms with Crippen molar-refractivity contribution < 1.29 is 4.79 Å². The van der Waals surface area contributed by atoms with Crippen molar-refractivity contribution >= 4 is 29.0 Å². The first-order valence-electron chi connectivity index (χ1n) is 9.27. The summed E-state index contributed by atoms with van der Waals surface area (Å²) in [6, 6.07) is 9.23. The predicted molar refractivity (Wildman–Crippen MR) is 112 cm³/mol. The van der Waals surface area contributed by atoms with Gasteiger partial charge in [0.05, 0.1) is 0 Å². The molecule has 144 valence electrons. The fraction of sp³-hybridized carbons (Fsp3) is 0.300. The van der Waals surface area contributed by atoms with Crippen molar-refractivity contribution in [3.05, 3.63) is 53.8 Å². The number of carbonyl (C=O) groups is 1. The topological polar surface area (TPSA) is 83.0 Å². The van der Waals surface area contributed by atoms with Crippen molar-refractivity contribution in [1.29, 1.82) is 0 Å². The highest BCUT2D eigenvalue weighted by molar-refractivity contribution is 7.13. The second-order valence-corrected chi connectivity index (χ2v) is 7.74. The summed E-state index contributed by atoms with van der Waals surface area (Å²) in [4.78, 5) is 27.8. The number of pyridine rings is 2. The quantitative estimate of drug-likeness (QED) is 0.697. The Kier molecular flexibility index (Phi) is 5.59. The van der Waals surface area contributed by atoms with Gasteiger partial charge in [-0.15, -0.1) is 11.3 Å². The molecule has 0 radical (unpaired) electrons. The smallest absolute Gasteiger partial charge is 0.306 e. The number of rotatable bonds is 4. The number of urea groups is 1. The van der Waals surface area contributed by atoms with Gasteiger partial charge in [0.15, 0.2) is 0 Å². The van der Waals surface area contributed by atoms with Crippen LogP contribution in [0.2, 0.25) is 0 Å². The Morgan fingerprint density at radius 1 is 1.07 bits per heavy atom. The highest BCUT2D eigenvalue weighted by atomic mass is 32.1. The first-order valence-corrected chi connectivity index (χ1v) is 10.1. The molecule has 1 aliphatic rings. The van der Waals surface area contributed by atoms with E-state index in [1.54, 1.807) is 12.4 Å². The molecule has 4 heterocycles. The molecule has 3 aromatic rings. The number of piperidine rings is 1. The molecule has 4 rings (SSSR count). The lowest BCUT2D eigenvalue weighted by molar-refractivity contribution is 0.253. The maximum atomic E-state index is 12.3.